The average Bonchev–Trinajstić information content (AvgIpc) is 3.38. The second kappa shape index (κ2) is 74.3. The Morgan fingerprint density at radius 3 is 0.914 bits per heavy atom. The molecule has 0 rings (SSSR count). The number of likely N-dealkylation sites (N-methyl/N-ethyl adjacent to an activating group) is 1. The molecule has 0 fully saturated rings. The first-order valence-corrected chi connectivity index (χ1v) is 39.8. The third-order valence-electron chi connectivity index (χ3n) is 17.6. The Hall–Kier alpha value is -3.53. The maximum atomic E-state index is 13.0. The van der Waals surface area contributed by atoms with Crippen LogP contribution in [0.5, 0.6) is 0 Å². The van der Waals surface area contributed by atoms with Crippen LogP contribution in [0.1, 0.15) is 373 Å². The molecule has 0 amide bonds. The molecule has 2 atom stereocenters. The Labute approximate surface area is 576 Å². The van der Waals surface area contributed by atoms with Crippen molar-refractivity contribution in [1.82, 2.24) is 0 Å². The number of hydrogen-bond donors (Lipinski definition) is 1. The van der Waals surface area contributed by atoms with E-state index < -0.39 is 18.4 Å². The minimum absolute atomic E-state index is 0.180. The van der Waals surface area contributed by atoms with Gasteiger partial charge in [-0.1, -0.05) is 356 Å². The van der Waals surface area contributed by atoms with Gasteiger partial charge >= 0.3 is 17.9 Å². The van der Waals surface area contributed by atoms with Crippen LogP contribution in [0.4, 0.5) is 0 Å². The minimum Gasteiger partial charge on any atom is -0.477 e. The molecule has 93 heavy (non-hydrogen) atoms. The molecule has 9 nitrogen and oxygen atoms in total. The molecule has 0 aliphatic heterocycles. The molecular formula is C84H152NO8+. The maximum Gasteiger partial charge on any atom is 0.361 e. The van der Waals surface area contributed by atoms with Gasteiger partial charge in [-0.2, -0.15) is 0 Å². The summed E-state index contributed by atoms with van der Waals surface area (Å²) in [5, 5.41) is 9.77. The monoisotopic (exact) mass is 1300 g/mol. The van der Waals surface area contributed by atoms with Crippen molar-refractivity contribution in [3.8, 4) is 0 Å². The highest BCUT2D eigenvalue weighted by Crippen LogP contribution is 2.19. The van der Waals surface area contributed by atoms with Gasteiger partial charge in [-0.05, 0) is 89.9 Å². The molecule has 540 valence electrons. The second-order valence-corrected chi connectivity index (χ2v) is 28.0. The van der Waals surface area contributed by atoms with E-state index in [2.05, 4.69) is 98.9 Å². The Morgan fingerprint density at radius 1 is 0.333 bits per heavy atom. The van der Waals surface area contributed by atoms with Crippen LogP contribution in [0.15, 0.2) is 85.1 Å². The molecule has 2 unspecified atom stereocenters. The van der Waals surface area contributed by atoms with Crippen LogP contribution in [0, 0.1) is 0 Å². The number of carboxylic acid groups (broad SMARTS) is 1. The number of unbranched alkanes of at least 4 members (excludes halogenated alkanes) is 45. The molecule has 0 heterocycles. The van der Waals surface area contributed by atoms with Gasteiger partial charge in [-0.3, -0.25) is 9.59 Å². The molecule has 1 N–H and O–H groups in total. The van der Waals surface area contributed by atoms with Crippen molar-refractivity contribution in [3.63, 3.8) is 0 Å². The Balaban J connectivity index is 3.98. The fourth-order valence-corrected chi connectivity index (χ4v) is 11.6. The fraction of sp³-hybridized carbons (Fsp3) is 0.798. The van der Waals surface area contributed by atoms with Gasteiger partial charge in [0.15, 0.2) is 6.10 Å². The molecule has 0 saturated heterocycles. The van der Waals surface area contributed by atoms with E-state index in [1.54, 1.807) is 0 Å². The molecule has 0 radical (unpaired) electrons. The van der Waals surface area contributed by atoms with Crippen molar-refractivity contribution in [2.24, 2.45) is 0 Å². The molecule has 0 saturated carbocycles. The van der Waals surface area contributed by atoms with E-state index in [1.165, 1.54) is 270 Å². The first kappa shape index (κ1) is 89.5. The SMILES string of the molecule is CC/C=C\C/C=C\C/C=C\C/C=C\CCCCCCCCCCCCCCCCCCCCCCCCCCCCC(=O)OC(COC(=O)CCCCCCCCCCCCCCCC/C=C\C/C=C\C/C=C\CCCCCCC)COC(OCC[N+](C)(C)C)C(=O)O. The van der Waals surface area contributed by atoms with Gasteiger partial charge in [0.1, 0.15) is 13.2 Å². The average molecular weight is 1300 g/mol. The van der Waals surface area contributed by atoms with E-state index in [1.807, 2.05) is 21.1 Å². The molecule has 0 aromatic rings. The number of nitrogens with zero attached hydrogens (tertiary/aromatic N) is 1. The van der Waals surface area contributed by atoms with E-state index in [9.17, 15) is 19.5 Å². The van der Waals surface area contributed by atoms with Gasteiger partial charge in [0, 0.05) is 12.8 Å². The largest absolute Gasteiger partial charge is 0.477 e. The Morgan fingerprint density at radius 2 is 0.613 bits per heavy atom. The molecule has 9 heteroatoms. The number of aliphatic carboxylic acids is 1. The van der Waals surface area contributed by atoms with E-state index in [4.69, 9.17) is 18.9 Å². The lowest BCUT2D eigenvalue weighted by molar-refractivity contribution is -0.870. The van der Waals surface area contributed by atoms with Crippen LogP contribution < -0.4 is 0 Å². The number of allylic oxidation sites excluding steroid dienone is 14. The van der Waals surface area contributed by atoms with Crippen LogP contribution in [-0.4, -0.2) is 87.4 Å². The number of hydrogen-bond acceptors (Lipinski definition) is 7. The van der Waals surface area contributed by atoms with Gasteiger partial charge in [0.25, 0.3) is 6.29 Å². The number of carbonyl (C=O) groups excluding carboxylic acids is 2. The van der Waals surface area contributed by atoms with Gasteiger partial charge in [-0.25, -0.2) is 4.79 Å². The van der Waals surface area contributed by atoms with Crippen LogP contribution in [-0.2, 0) is 33.3 Å². The van der Waals surface area contributed by atoms with Crippen LogP contribution in [0.25, 0.3) is 0 Å². The summed E-state index contributed by atoms with van der Waals surface area (Å²) in [6.07, 6.45) is 98.8. The van der Waals surface area contributed by atoms with Crippen LogP contribution >= 0.6 is 0 Å². The third kappa shape index (κ3) is 75.7. The highest BCUT2D eigenvalue weighted by molar-refractivity contribution is 5.71. The predicted octanol–water partition coefficient (Wildman–Crippen LogP) is 25.4. The van der Waals surface area contributed by atoms with Crippen molar-refractivity contribution in [2.45, 2.75) is 386 Å². The highest BCUT2D eigenvalue weighted by Gasteiger charge is 2.25. The van der Waals surface area contributed by atoms with Gasteiger partial charge in [0.05, 0.1) is 34.4 Å². The van der Waals surface area contributed by atoms with Crippen molar-refractivity contribution >= 4 is 17.9 Å². The van der Waals surface area contributed by atoms with Gasteiger partial charge < -0.3 is 28.5 Å². The van der Waals surface area contributed by atoms with Gasteiger partial charge in [-0.15, -0.1) is 0 Å². The number of quaternary nitrogens is 1. The van der Waals surface area contributed by atoms with E-state index in [0.29, 0.717) is 17.4 Å². The van der Waals surface area contributed by atoms with E-state index in [-0.39, 0.29) is 38.2 Å². The quantitative estimate of drug-likeness (QED) is 0.0211. The summed E-state index contributed by atoms with van der Waals surface area (Å²) in [5.41, 5.74) is 0. The molecule has 0 spiro atoms. The number of rotatable bonds is 74. The molecule has 0 bridgehead atoms. The summed E-state index contributed by atoms with van der Waals surface area (Å²) in [5.74, 6) is -1.98. The highest BCUT2D eigenvalue weighted by atomic mass is 16.7. The zero-order chi connectivity index (χ0) is 67.5. The molecule has 0 aromatic carbocycles. The first-order chi connectivity index (χ1) is 45.6. The fourth-order valence-electron chi connectivity index (χ4n) is 11.6. The zero-order valence-electron chi connectivity index (χ0n) is 61.9. The Bertz CT molecular complexity index is 1810. The van der Waals surface area contributed by atoms with Crippen LogP contribution in [0.2, 0.25) is 0 Å². The smallest absolute Gasteiger partial charge is 0.361 e. The van der Waals surface area contributed by atoms with Crippen molar-refractivity contribution < 1.29 is 42.9 Å². The molecular weight excluding hydrogens is 1150 g/mol. The predicted molar refractivity (Wildman–Crippen MR) is 401 cm³/mol. The summed E-state index contributed by atoms with van der Waals surface area (Å²) in [6.45, 7) is 4.81. The van der Waals surface area contributed by atoms with E-state index >= 15 is 0 Å². The number of carbonyl (C=O) groups is 3. The minimum atomic E-state index is -1.51. The van der Waals surface area contributed by atoms with Crippen molar-refractivity contribution in [1.29, 1.82) is 0 Å². The molecule has 0 aromatic heterocycles. The standard InChI is InChI=1S/C84H151NO8/c1-6-8-10-12-14-16-18-20-22-24-26-28-30-32-34-36-37-38-39-40-41-42-43-44-45-47-49-51-53-55-57-59-61-63-65-67-69-71-73-75-82(87)93-80(79-92-84(83(88)89)90-77-76-85(3,4)5)78-91-81(86)74-72-70-68-66-64-62-60-58-56-54-52-50-48-46-35-33-31-29-27-25-23-21-19-17-15-13-11-9-7-2/h8,10,14,16,19-22,25-28,31,33,80,84H,6-7,9,11-13,15,17-18,23-24,29-30,32,34-79H2,1-5H3/p+1/b10-8-,16-14-,21-19-,22-20-,27-25-,28-26-,33-31-. The number of esters is 2. The number of ether oxygens (including phenoxy) is 4. The van der Waals surface area contributed by atoms with Crippen LogP contribution in [0.3, 0.4) is 0 Å². The molecule has 0 aliphatic rings. The lowest BCUT2D eigenvalue weighted by Crippen LogP contribution is -2.40. The van der Waals surface area contributed by atoms with E-state index in [0.717, 1.165) is 77.0 Å². The Kier molecular flexibility index (Phi) is 71.4. The normalized spacial score (nSPS) is 13.1. The first-order valence-electron chi connectivity index (χ1n) is 39.8. The van der Waals surface area contributed by atoms with Gasteiger partial charge in [0.2, 0.25) is 0 Å². The van der Waals surface area contributed by atoms with Crippen molar-refractivity contribution in [3.05, 3.63) is 85.1 Å². The number of carboxylic acids is 1. The lowest BCUT2D eigenvalue weighted by Gasteiger charge is -2.25. The third-order valence-corrected chi connectivity index (χ3v) is 17.6. The summed E-state index contributed by atoms with van der Waals surface area (Å²) >= 11 is 0. The summed E-state index contributed by atoms with van der Waals surface area (Å²) in [4.78, 5) is 37.7. The maximum absolute atomic E-state index is 13.0. The molecule has 0 aliphatic carbocycles. The zero-order valence-corrected chi connectivity index (χ0v) is 61.9. The summed E-state index contributed by atoms with van der Waals surface area (Å²) in [7, 11) is 5.99. The lowest BCUT2D eigenvalue weighted by atomic mass is 10.0. The topological polar surface area (TPSA) is 108 Å². The summed E-state index contributed by atoms with van der Waals surface area (Å²) < 4.78 is 23.1. The van der Waals surface area contributed by atoms with Crippen molar-refractivity contribution in [2.75, 3.05) is 47.5 Å². The summed E-state index contributed by atoms with van der Waals surface area (Å²) in [6, 6.07) is 0. The second-order valence-electron chi connectivity index (χ2n) is 28.0.